The number of aryl methyl sites for hydroxylation is 1. The fraction of sp³-hybridized carbons (Fsp3) is 0.556. The van der Waals surface area contributed by atoms with Crippen molar-refractivity contribution in [3.8, 4) is 0 Å². The highest BCUT2D eigenvalue weighted by Crippen LogP contribution is 2.10. The van der Waals surface area contributed by atoms with Crippen LogP contribution in [-0.4, -0.2) is 26.5 Å². The summed E-state index contributed by atoms with van der Waals surface area (Å²) in [5, 5.41) is 4.07. The number of nitrogens with one attached hydrogen (secondary N) is 1. The van der Waals surface area contributed by atoms with Gasteiger partial charge < -0.3 is 0 Å². The fourth-order valence-corrected chi connectivity index (χ4v) is 3.05. The molecule has 1 aromatic rings. The van der Waals surface area contributed by atoms with Gasteiger partial charge in [-0.15, -0.1) is 0 Å². The van der Waals surface area contributed by atoms with Crippen molar-refractivity contribution < 1.29 is 8.42 Å². The maximum absolute atomic E-state index is 11.1. The minimum Gasteiger partial charge on any atom is -0.271 e. The van der Waals surface area contributed by atoms with Crippen molar-refractivity contribution >= 4 is 21.2 Å². The Bertz CT molecular complexity index is 373. The number of thiophene rings is 1. The molecule has 0 radical (unpaired) electrons. The van der Waals surface area contributed by atoms with E-state index in [1.165, 1.54) is 11.8 Å². The topological polar surface area (TPSA) is 72.2 Å². The van der Waals surface area contributed by atoms with Gasteiger partial charge in [-0.25, -0.2) is 8.42 Å². The lowest BCUT2D eigenvalue weighted by Crippen LogP contribution is -2.40. The van der Waals surface area contributed by atoms with Crippen LogP contribution in [0.1, 0.15) is 12.0 Å². The Morgan fingerprint density at radius 1 is 1.60 bits per heavy atom. The molecule has 3 N–H and O–H groups in total. The summed E-state index contributed by atoms with van der Waals surface area (Å²) in [5.41, 5.74) is 3.78. The highest BCUT2D eigenvalue weighted by Gasteiger charge is 2.13. The van der Waals surface area contributed by atoms with E-state index in [9.17, 15) is 8.42 Å². The summed E-state index contributed by atoms with van der Waals surface area (Å²) >= 11 is 1.64. The predicted molar refractivity (Wildman–Crippen MR) is 63.5 cm³/mol. The molecule has 1 atom stereocenters. The van der Waals surface area contributed by atoms with Crippen LogP contribution in [0.4, 0.5) is 0 Å². The zero-order valence-electron chi connectivity index (χ0n) is 8.64. The van der Waals surface area contributed by atoms with Crippen molar-refractivity contribution in [2.45, 2.75) is 18.9 Å². The second kappa shape index (κ2) is 5.60. The Labute approximate surface area is 94.4 Å². The van der Waals surface area contributed by atoms with Gasteiger partial charge in [-0.1, -0.05) is 0 Å². The van der Waals surface area contributed by atoms with Gasteiger partial charge in [0.25, 0.3) is 0 Å². The Kier molecular flexibility index (Phi) is 4.72. The van der Waals surface area contributed by atoms with E-state index in [2.05, 4.69) is 10.8 Å². The average molecular weight is 248 g/mol. The summed E-state index contributed by atoms with van der Waals surface area (Å²) in [6.45, 7) is 0. The third-order valence-electron chi connectivity index (χ3n) is 2.10. The summed E-state index contributed by atoms with van der Waals surface area (Å²) in [6, 6.07) is 1.87. The second-order valence-corrected chi connectivity index (χ2v) is 6.59. The van der Waals surface area contributed by atoms with Crippen molar-refractivity contribution in [1.29, 1.82) is 0 Å². The van der Waals surface area contributed by atoms with Crippen LogP contribution in [0, 0.1) is 0 Å². The van der Waals surface area contributed by atoms with Gasteiger partial charge in [0.2, 0.25) is 0 Å². The Morgan fingerprint density at radius 2 is 2.33 bits per heavy atom. The second-order valence-electron chi connectivity index (χ2n) is 3.63. The molecule has 15 heavy (non-hydrogen) atoms. The number of hydrazine groups is 1. The monoisotopic (exact) mass is 248 g/mol. The van der Waals surface area contributed by atoms with E-state index in [1.54, 1.807) is 11.3 Å². The molecule has 0 saturated carbocycles. The molecule has 86 valence electrons. The Morgan fingerprint density at radius 3 is 2.80 bits per heavy atom. The number of hydrogen-bond donors (Lipinski definition) is 2. The van der Waals surface area contributed by atoms with Crippen molar-refractivity contribution in [3.05, 3.63) is 22.4 Å². The largest absolute Gasteiger partial charge is 0.271 e. The van der Waals surface area contributed by atoms with Crippen LogP contribution in [0.25, 0.3) is 0 Å². The van der Waals surface area contributed by atoms with Gasteiger partial charge in [0.05, 0.1) is 5.75 Å². The summed E-state index contributed by atoms with van der Waals surface area (Å²) in [6.07, 6.45) is 2.82. The van der Waals surface area contributed by atoms with Gasteiger partial charge in [-0.2, -0.15) is 11.3 Å². The predicted octanol–water partition coefficient (Wildman–Crippen LogP) is 0.557. The van der Waals surface area contributed by atoms with Crippen molar-refractivity contribution in [2.75, 3.05) is 12.0 Å². The van der Waals surface area contributed by atoms with Gasteiger partial charge in [-0.3, -0.25) is 11.3 Å². The third kappa shape index (κ3) is 5.27. The number of sulfone groups is 1. The van der Waals surface area contributed by atoms with Gasteiger partial charge in [0.1, 0.15) is 9.84 Å². The van der Waals surface area contributed by atoms with Crippen molar-refractivity contribution in [2.24, 2.45) is 5.84 Å². The number of rotatable bonds is 6. The minimum atomic E-state index is -2.97. The standard InChI is InChI=1S/C9H16N2O2S2/c1-15(12,13)7-9(11-10)3-2-8-4-5-14-6-8/h4-6,9,11H,2-3,7,10H2,1H3. The molecule has 0 aliphatic rings. The highest BCUT2D eigenvalue weighted by molar-refractivity contribution is 7.90. The molecule has 0 spiro atoms. The normalized spacial score (nSPS) is 14.0. The average Bonchev–Trinajstić information content (AvgIpc) is 2.62. The van der Waals surface area contributed by atoms with Crippen LogP contribution >= 0.6 is 11.3 Å². The molecule has 0 bridgehead atoms. The van der Waals surface area contributed by atoms with Gasteiger partial charge in [-0.05, 0) is 35.2 Å². The van der Waals surface area contributed by atoms with Crippen molar-refractivity contribution in [1.82, 2.24) is 5.43 Å². The molecule has 0 amide bonds. The lowest BCUT2D eigenvalue weighted by atomic mass is 10.1. The molecule has 1 heterocycles. The zero-order valence-corrected chi connectivity index (χ0v) is 10.3. The van der Waals surface area contributed by atoms with Gasteiger partial charge in [0.15, 0.2) is 0 Å². The quantitative estimate of drug-likeness (QED) is 0.570. The maximum atomic E-state index is 11.1. The molecule has 0 aliphatic carbocycles. The van der Waals surface area contributed by atoms with E-state index in [0.717, 1.165) is 12.8 Å². The molecule has 0 aromatic carbocycles. The first-order valence-corrected chi connectivity index (χ1v) is 7.66. The van der Waals surface area contributed by atoms with Crippen molar-refractivity contribution in [3.63, 3.8) is 0 Å². The van der Waals surface area contributed by atoms with Gasteiger partial charge >= 0.3 is 0 Å². The fourth-order valence-electron chi connectivity index (χ4n) is 1.36. The zero-order chi connectivity index (χ0) is 11.3. The molecule has 1 aromatic heterocycles. The first-order chi connectivity index (χ1) is 7.01. The van der Waals surface area contributed by atoms with Crippen LogP contribution < -0.4 is 11.3 Å². The van der Waals surface area contributed by atoms with Crippen LogP contribution in [0.2, 0.25) is 0 Å². The van der Waals surface area contributed by atoms with E-state index in [1.807, 2.05) is 11.4 Å². The maximum Gasteiger partial charge on any atom is 0.149 e. The van der Waals surface area contributed by atoms with E-state index in [4.69, 9.17) is 5.84 Å². The van der Waals surface area contributed by atoms with E-state index in [-0.39, 0.29) is 11.8 Å². The van der Waals surface area contributed by atoms with Crippen LogP contribution in [0.3, 0.4) is 0 Å². The molecular formula is C9H16N2O2S2. The molecule has 1 unspecified atom stereocenters. The molecule has 0 aliphatic heterocycles. The van der Waals surface area contributed by atoms with Crippen LogP contribution in [-0.2, 0) is 16.3 Å². The third-order valence-corrected chi connectivity index (χ3v) is 3.84. The number of nitrogens with two attached hydrogens (primary N) is 1. The molecule has 6 heteroatoms. The summed E-state index contributed by atoms with van der Waals surface area (Å²) in [4.78, 5) is 0. The summed E-state index contributed by atoms with van der Waals surface area (Å²) in [7, 11) is -2.97. The number of hydrogen-bond acceptors (Lipinski definition) is 5. The SMILES string of the molecule is CS(=O)(=O)CC(CCc1ccsc1)NN. The molecule has 0 saturated heterocycles. The minimum absolute atomic E-state index is 0.0909. The van der Waals surface area contributed by atoms with Crippen LogP contribution in [0.5, 0.6) is 0 Å². The summed E-state index contributed by atoms with van der Waals surface area (Å²) in [5.74, 6) is 5.40. The van der Waals surface area contributed by atoms with E-state index in [0.29, 0.717) is 0 Å². The smallest absolute Gasteiger partial charge is 0.149 e. The molecular weight excluding hydrogens is 232 g/mol. The van der Waals surface area contributed by atoms with E-state index < -0.39 is 9.84 Å². The molecule has 0 fully saturated rings. The first kappa shape index (κ1) is 12.6. The van der Waals surface area contributed by atoms with E-state index >= 15 is 0 Å². The highest BCUT2D eigenvalue weighted by atomic mass is 32.2. The Balaban J connectivity index is 2.41. The lowest BCUT2D eigenvalue weighted by molar-refractivity contribution is 0.520. The van der Waals surface area contributed by atoms with Gasteiger partial charge in [0, 0.05) is 12.3 Å². The van der Waals surface area contributed by atoms with Crippen LogP contribution in [0.15, 0.2) is 16.8 Å². The molecule has 4 nitrogen and oxygen atoms in total. The summed E-state index contributed by atoms with van der Waals surface area (Å²) < 4.78 is 22.1. The Hall–Kier alpha value is -0.430. The lowest BCUT2D eigenvalue weighted by Gasteiger charge is -2.13. The first-order valence-electron chi connectivity index (χ1n) is 4.66. The molecule has 1 rings (SSSR count).